The molecule has 0 N–H and O–H groups in total. The molecule has 1 aromatic carbocycles. The van der Waals surface area contributed by atoms with Crippen molar-refractivity contribution >= 4 is 22.9 Å². The van der Waals surface area contributed by atoms with E-state index in [9.17, 15) is 0 Å². The maximum Gasteiger partial charge on any atom is 0.0901 e. The van der Waals surface area contributed by atoms with Crippen LogP contribution in [0.2, 0.25) is 5.02 Å². The molecule has 0 bridgehead atoms. The van der Waals surface area contributed by atoms with Crippen LogP contribution in [-0.2, 0) is 0 Å². The van der Waals surface area contributed by atoms with Gasteiger partial charge in [-0.25, -0.2) is 4.98 Å². The molecular formula is C10H8BrClNS-. The molecule has 0 atom stereocenters. The number of benzene rings is 1. The molecule has 0 aliphatic heterocycles. The van der Waals surface area contributed by atoms with Gasteiger partial charge in [0.05, 0.1) is 10.7 Å². The second-order valence-corrected chi connectivity index (χ2v) is 4.26. The minimum atomic E-state index is 0. The monoisotopic (exact) mass is 288 g/mol. The Morgan fingerprint density at radius 2 is 1.86 bits per heavy atom. The van der Waals surface area contributed by atoms with E-state index in [4.69, 9.17) is 11.6 Å². The van der Waals surface area contributed by atoms with Gasteiger partial charge in [0.2, 0.25) is 0 Å². The van der Waals surface area contributed by atoms with E-state index in [0.717, 1.165) is 21.3 Å². The summed E-state index contributed by atoms with van der Waals surface area (Å²) in [6.07, 6.45) is 0. The lowest BCUT2D eigenvalue weighted by molar-refractivity contribution is -0.00000256. The molecule has 2 rings (SSSR count). The van der Waals surface area contributed by atoms with E-state index >= 15 is 0 Å². The fourth-order valence-corrected chi connectivity index (χ4v) is 1.86. The Balaban J connectivity index is 0.000000980. The molecule has 0 saturated heterocycles. The maximum atomic E-state index is 5.79. The molecule has 1 nitrogen and oxygen atoms in total. The van der Waals surface area contributed by atoms with Gasteiger partial charge in [0.15, 0.2) is 0 Å². The summed E-state index contributed by atoms with van der Waals surface area (Å²) in [6.45, 7) is 2.00. The average Bonchev–Trinajstić information content (AvgIpc) is 2.53. The molecule has 74 valence electrons. The van der Waals surface area contributed by atoms with Crippen molar-refractivity contribution in [1.82, 2.24) is 4.98 Å². The molecule has 1 aromatic heterocycles. The highest BCUT2D eigenvalue weighted by molar-refractivity contribution is 7.09. The summed E-state index contributed by atoms with van der Waals surface area (Å²) >= 11 is 7.45. The van der Waals surface area contributed by atoms with Crippen LogP contribution in [0.3, 0.4) is 0 Å². The number of aryl methyl sites for hydroxylation is 1. The van der Waals surface area contributed by atoms with Crippen LogP contribution in [0.5, 0.6) is 0 Å². The fourth-order valence-electron chi connectivity index (χ4n) is 1.12. The molecule has 0 spiro atoms. The molecule has 0 aliphatic rings. The molecule has 0 fully saturated rings. The molecule has 1 heterocycles. The zero-order valence-corrected chi connectivity index (χ0v) is 10.7. The van der Waals surface area contributed by atoms with Crippen LogP contribution >= 0.6 is 22.9 Å². The van der Waals surface area contributed by atoms with Gasteiger partial charge in [0, 0.05) is 16.0 Å². The highest BCUT2D eigenvalue weighted by Gasteiger charge is 2.00. The zero-order chi connectivity index (χ0) is 9.26. The fraction of sp³-hybridized carbons (Fsp3) is 0.100. The lowest BCUT2D eigenvalue weighted by atomic mass is 10.2. The molecule has 4 heteroatoms. The third kappa shape index (κ3) is 2.56. The number of rotatable bonds is 1. The number of aromatic nitrogens is 1. The predicted molar refractivity (Wildman–Crippen MR) is 57.3 cm³/mol. The quantitative estimate of drug-likeness (QED) is 0.756. The van der Waals surface area contributed by atoms with Crippen molar-refractivity contribution in [3.8, 4) is 11.3 Å². The molecule has 0 amide bonds. The zero-order valence-electron chi connectivity index (χ0n) is 7.50. The van der Waals surface area contributed by atoms with Crippen molar-refractivity contribution in [3.63, 3.8) is 0 Å². The minimum Gasteiger partial charge on any atom is -1.00 e. The predicted octanol–water partition coefficient (Wildman–Crippen LogP) is 0.776. The Kier molecular flexibility index (Phi) is 4.11. The van der Waals surface area contributed by atoms with Crippen molar-refractivity contribution in [2.45, 2.75) is 6.92 Å². The van der Waals surface area contributed by atoms with Crippen LogP contribution < -0.4 is 17.0 Å². The second-order valence-electron chi connectivity index (χ2n) is 2.76. The molecule has 0 unspecified atom stereocenters. The van der Waals surface area contributed by atoms with Crippen LogP contribution in [-0.4, -0.2) is 4.98 Å². The first-order valence-electron chi connectivity index (χ1n) is 3.94. The third-order valence-corrected chi connectivity index (χ3v) is 2.78. The van der Waals surface area contributed by atoms with Crippen LogP contribution in [0.25, 0.3) is 11.3 Å². The maximum absolute atomic E-state index is 5.79. The van der Waals surface area contributed by atoms with E-state index in [0.29, 0.717) is 0 Å². The van der Waals surface area contributed by atoms with E-state index in [1.54, 1.807) is 11.3 Å². The van der Waals surface area contributed by atoms with Gasteiger partial charge in [0.1, 0.15) is 0 Å². The molecule has 14 heavy (non-hydrogen) atoms. The van der Waals surface area contributed by atoms with Gasteiger partial charge in [-0.3, -0.25) is 0 Å². The van der Waals surface area contributed by atoms with Gasteiger partial charge < -0.3 is 17.0 Å². The number of thiazole rings is 1. The first-order chi connectivity index (χ1) is 6.25. The molecular weight excluding hydrogens is 282 g/mol. The topological polar surface area (TPSA) is 12.9 Å². The van der Waals surface area contributed by atoms with Gasteiger partial charge in [-0.1, -0.05) is 23.7 Å². The molecule has 0 radical (unpaired) electrons. The van der Waals surface area contributed by atoms with Gasteiger partial charge in [-0.2, -0.15) is 0 Å². The number of halogens is 2. The number of hydrogen-bond donors (Lipinski definition) is 0. The molecule has 0 saturated carbocycles. The van der Waals surface area contributed by atoms with Crippen LogP contribution in [0.1, 0.15) is 5.01 Å². The lowest BCUT2D eigenvalue weighted by Gasteiger charge is -1.95. The van der Waals surface area contributed by atoms with E-state index < -0.39 is 0 Å². The van der Waals surface area contributed by atoms with Crippen LogP contribution in [0.15, 0.2) is 29.6 Å². The lowest BCUT2D eigenvalue weighted by Crippen LogP contribution is -3.00. The van der Waals surface area contributed by atoms with E-state index in [2.05, 4.69) is 10.4 Å². The Morgan fingerprint density at radius 3 is 2.36 bits per heavy atom. The Hall–Kier alpha value is -0.380. The van der Waals surface area contributed by atoms with Gasteiger partial charge in [-0.15, -0.1) is 11.3 Å². The smallest absolute Gasteiger partial charge is 0.0901 e. The van der Waals surface area contributed by atoms with E-state index in [1.165, 1.54) is 0 Å². The van der Waals surface area contributed by atoms with Crippen LogP contribution in [0.4, 0.5) is 0 Å². The summed E-state index contributed by atoms with van der Waals surface area (Å²) in [4.78, 5) is 4.39. The highest BCUT2D eigenvalue weighted by Crippen LogP contribution is 2.22. The van der Waals surface area contributed by atoms with Gasteiger partial charge >= 0.3 is 0 Å². The van der Waals surface area contributed by atoms with Crippen molar-refractivity contribution in [3.05, 3.63) is 39.7 Å². The second kappa shape index (κ2) is 4.91. The molecule has 2 aromatic rings. The Labute approximate surface area is 103 Å². The van der Waals surface area contributed by atoms with Crippen molar-refractivity contribution < 1.29 is 17.0 Å². The summed E-state index contributed by atoms with van der Waals surface area (Å²) in [7, 11) is 0. The van der Waals surface area contributed by atoms with Gasteiger partial charge in [0.25, 0.3) is 0 Å². The largest absolute Gasteiger partial charge is 1.00 e. The average molecular weight is 290 g/mol. The highest BCUT2D eigenvalue weighted by atomic mass is 79.9. The first-order valence-corrected chi connectivity index (χ1v) is 5.19. The summed E-state index contributed by atoms with van der Waals surface area (Å²) in [5, 5.41) is 3.90. The number of nitrogens with zero attached hydrogens (tertiary/aromatic N) is 1. The van der Waals surface area contributed by atoms with Crippen molar-refractivity contribution in [2.24, 2.45) is 0 Å². The SMILES string of the molecule is Cc1nc(-c2ccc(Cl)cc2)cs1.[Br-]. The number of hydrogen-bond acceptors (Lipinski definition) is 2. The normalized spacial score (nSPS) is 9.57. The summed E-state index contributed by atoms with van der Waals surface area (Å²) in [6, 6.07) is 7.73. The third-order valence-electron chi connectivity index (χ3n) is 1.76. The van der Waals surface area contributed by atoms with Crippen molar-refractivity contribution in [1.29, 1.82) is 0 Å². The first kappa shape index (κ1) is 11.7. The van der Waals surface area contributed by atoms with Crippen molar-refractivity contribution in [2.75, 3.05) is 0 Å². The van der Waals surface area contributed by atoms with Crippen LogP contribution in [0, 0.1) is 6.92 Å². The summed E-state index contributed by atoms with van der Waals surface area (Å²) < 4.78 is 0. The van der Waals surface area contributed by atoms with E-state index in [1.807, 2.05) is 31.2 Å². The Bertz CT molecular complexity index is 410. The van der Waals surface area contributed by atoms with Gasteiger partial charge in [-0.05, 0) is 19.1 Å². The van der Waals surface area contributed by atoms with E-state index in [-0.39, 0.29) is 17.0 Å². The standard InChI is InChI=1S/C10H8ClNS.BrH/c1-7-12-10(6-13-7)8-2-4-9(11)5-3-8;/h2-6H,1H3;1H/p-1. The minimum absolute atomic E-state index is 0. The Morgan fingerprint density at radius 1 is 1.21 bits per heavy atom. The molecule has 0 aliphatic carbocycles. The summed E-state index contributed by atoms with van der Waals surface area (Å²) in [5.74, 6) is 0. The summed E-state index contributed by atoms with van der Waals surface area (Å²) in [5.41, 5.74) is 2.15.